The highest BCUT2D eigenvalue weighted by Gasteiger charge is 2.41. The normalized spacial score (nSPS) is 30.2. The summed E-state index contributed by atoms with van der Waals surface area (Å²) in [7, 11) is 3.46. The van der Waals surface area contributed by atoms with Gasteiger partial charge in [0.2, 0.25) is 0 Å². The molecule has 26 heavy (non-hydrogen) atoms. The molecule has 0 heterocycles. The van der Waals surface area contributed by atoms with E-state index in [0.717, 1.165) is 35.8 Å². The average Bonchev–Trinajstić information content (AvgIpc) is 2.72. The Morgan fingerprint density at radius 1 is 1.08 bits per heavy atom. The summed E-state index contributed by atoms with van der Waals surface area (Å²) in [6, 6.07) is 4.27. The highest BCUT2D eigenvalue weighted by Crippen LogP contribution is 2.52. The second-order valence-electron chi connectivity index (χ2n) is 8.00. The van der Waals surface area contributed by atoms with Gasteiger partial charge in [0.1, 0.15) is 11.5 Å². The monoisotopic (exact) mass is 354 g/mol. The Bertz CT molecular complexity index is 718. The molecule has 1 N–H and O–H groups in total. The van der Waals surface area contributed by atoms with Crippen LogP contribution in [-0.2, 0) is 17.8 Å². The maximum absolute atomic E-state index is 9.98. The SMILES string of the molecule is COC1=CCC([C@@H]2Cc3c(CO)cc(OC)cc3[C@@H]3CCCC[C@@H]32)C=C1. The van der Waals surface area contributed by atoms with E-state index in [1.54, 1.807) is 14.2 Å². The van der Waals surface area contributed by atoms with Crippen LogP contribution >= 0.6 is 0 Å². The first-order chi connectivity index (χ1) is 12.7. The summed E-state index contributed by atoms with van der Waals surface area (Å²) in [4.78, 5) is 0. The molecular formula is C23H30O3. The number of hydrogen-bond acceptors (Lipinski definition) is 3. The molecule has 0 amide bonds. The van der Waals surface area contributed by atoms with Gasteiger partial charge in [-0.2, -0.15) is 0 Å². The summed E-state index contributed by atoms with van der Waals surface area (Å²) >= 11 is 0. The summed E-state index contributed by atoms with van der Waals surface area (Å²) in [5.41, 5.74) is 3.89. The first kappa shape index (κ1) is 17.7. The Balaban J connectivity index is 1.71. The quantitative estimate of drug-likeness (QED) is 0.849. The van der Waals surface area contributed by atoms with E-state index in [2.05, 4.69) is 24.3 Å². The van der Waals surface area contributed by atoms with Crippen LogP contribution in [-0.4, -0.2) is 19.3 Å². The van der Waals surface area contributed by atoms with Crippen LogP contribution in [0.25, 0.3) is 0 Å². The zero-order valence-electron chi connectivity index (χ0n) is 15.9. The zero-order chi connectivity index (χ0) is 18.1. The summed E-state index contributed by atoms with van der Waals surface area (Å²) in [6.07, 6.45) is 14.1. The molecule has 1 unspecified atom stereocenters. The fourth-order valence-electron chi connectivity index (χ4n) is 5.57. The van der Waals surface area contributed by atoms with Gasteiger partial charge in [0.15, 0.2) is 0 Å². The lowest BCUT2D eigenvalue weighted by atomic mass is 9.59. The molecule has 4 atom stereocenters. The maximum Gasteiger partial charge on any atom is 0.119 e. The lowest BCUT2D eigenvalue weighted by Gasteiger charge is -2.46. The second kappa shape index (κ2) is 7.48. The van der Waals surface area contributed by atoms with Gasteiger partial charge in [-0.3, -0.25) is 0 Å². The van der Waals surface area contributed by atoms with Gasteiger partial charge in [0.25, 0.3) is 0 Å². The van der Waals surface area contributed by atoms with Crippen LogP contribution in [0.2, 0.25) is 0 Å². The minimum atomic E-state index is 0.0951. The fourth-order valence-corrected chi connectivity index (χ4v) is 5.57. The molecule has 0 radical (unpaired) electrons. The standard InChI is InChI=1S/C23H30O3/c1-25-17-9-7-15(8-10-17)21-13-22-16(14-24)11-18(26-2)12-23(22)20-6-4-3-5-19(20)21/h7,9-12,15,19-21,24H,3-6,8,13-14H2,1-2H3/t15?,19-,20+,21-/m0/s1. The van der Waals surface area contributed by atoms with Gasteiger partial charge in [0.05, 0.1) is 20.8 Å². The molecule has 1 fully saturated rings. The van der Waals surface area contributed by atoms with Crippen molar-refractivity contribution >= 4 is 0 Å². The van der Waals surface area contributed by atoms with Crippen molar-refractivity contribution in [2.24, 2.45) is 17.8 Å². The Labute approximate surface area is 156 Å². The smallest absolute Gasteiger partial charge is 0.119 e. The van der Waals surface area contributed by atoms with Crippen molar-refractivity contribution in [3.05, 3.63) is 52.8 Å². The lowest BCUT2D eigenvalue weighted by molar-refractivity contribution is 0.153. The molecule has 3 aliphatic carbocycles. The number of fused-ring (bicyclic) bond motifs is 3. The number of benzene rings is 1. The predicted octanol–water partition coefficient (Wildman–Crippen LogP) is 4.74. The number of hydrogen-bond donors (Lipinski definition) is 1. The van der Waals surface area contributed by atoms with E-state index in [9.17, 15) is 5.11 Å². The van der Waals surface area contributed by atoms with E-state index in [-0.39, 0.29) is 6.61 Å². The first-order valence-corrected chi connectivity index (χ1v) is 9.98. The average molecular weight is 354 g/mol. The van der Waals surface area contributed by atoms with Crippen molar-refractivity contribution in [1.29, 1.82) is 0 Å². The van der Waals surface area contributed by atoms with Gasteiger partial charge in [-0.15, -0.1) is 0 Å². The Hall–Kier alpha value is -1.74. The van der Waals surface area contributed by atoms with Gasteiger partial charge < -0.3 is 14.6 Å². The molecule has 3 heteroatoms. The third kappa shape index (κ3) is 3.07. The number of allylic oxidation sites excluding steroid dienone is 3. The van der Waals surface area contributed by atoms with Crippen LogP contribution in [0.5, 0.6) is 5.75 Å². The first-order valence-electron chi connectivity index (χ1n) is 9.98. The fraction of sp³-hybridized carbons (Fsp3) is 0.565. The summed E-state index contributed by atoms with van der Waals surface area (Å²) in [5.74, 6) is 4.44. The van der Waals surface area contributed by atoms with Crippen LogP contribution in [0.1, 0.15) is 54.7 Å². The molecule has 0 aromatic heterocycles. The van der Waals surface area contributed by atoms with Crippen molar-refractivity contribution in [3.8, 4) is 5.75 Å². The third-order valence-corrected chi connectivity index (χ3v) is 6.85. The Morgan fingerprint density at radius 3 is 2.62 bits per heavy atom. The van der Waals surface area contributed by atoms with E-state index in [0.29, 0.717) is 17.8 Å². The van der Waals surface area contributed by atoms with Crippen molar-refractivity contribution in [2.45, 2.75) is 51.0 Å². The van der Waals surface area contributed by atoms with Crippen LogP contribution < -0.4 is 4.74 Å². The molecule has 0 spiro atoms. The van der Waals surface area contributed by atoms with E-state index >= 15 is 0 Å². The molecule has 0 saturated heterocycles. The van der Waals surface area contributed by atoms with Gasteiger partial charge >= 0.3 is 0 Å². The highest BCUT2D eigenvalue weighted by molar-refractivity contribution is 5.46. The van der Waals surface area contributed by atoms with E-state index in [1.165, 1.54) is 36.8 Å². The third-order valence-electron chi connectivity index (χ3n) is 6.85. The van der Waals surface area contributed by atoms with Gasteiger partial charge in [-0.1, -0.05) is 18.9 Å². The molecule has 0 bridgehead atoms. The maximum atomic E-state index is 9.98. The molecule has 3 aliphatic rings. The van der Waals surface area contributed by atoms with Crippen molar-refractivity contribution in [1.82, 2.24) is 0 Å². The van der Waals surface area contributed by atoms with Crippen molar-refractivity contribution in [3.63, 3.8) is 0 Å². The van der Waals surface area contributed by atoms with Gasteiger partial charge in [-0.25, -0.2) is 0 Å². The predicted molar refractivity (Wildman–Crippen MR) is 103 cm³/mol. The Kier molecular flexibility index (Phi) is 5.08. The summed E-state index contributed by atoms with van der Waals surface area (Å²) < 4.78 is 10.9. The molecule has 1 aromatic carbocycles. The number of methoxy groups -OCH3 is 2. The highest BCUT2D eigenvalue weighted by atomic mass is 16.5. The Morgan fingerprint density at radius 2 is 1.92 bits per heavy atom. The van der Waals surface area contributed by atoms with Crippen LogP contribution in [0, 0.1) is 17.8 Å². The molecule has 3 nitrogen and oxygen atoms in total. The van der Waals surface area contributed by atoms with Crippen LogP contribution in [0.3, 0.4) is 0 Å². The molecule has 4 rings (SSSR count). The van der Waals surface area contributed by atoms with E-state index in [1.807, 2.05) is 6.07 Å². The summed E-state index contributed by atoms with van der Waals surface area (Å²) in [6.45, 7) is 0.0951. The minimum Gasteiger partial charge on any atom is -0.497 e. The topological polar surface area (TPSA) is 38.7 Å². The van der Waals surface area contributed by atoms with Crippen molar-refractivity contribution in [2.75, 3.05) is 14.2 Å². The van der Waals surface area contributed by atoms with Gasteiger partial charge in [0, 0.05) is 0 Å². The van der Waals surface area contributed by atoms with E-state index < -0.39 is 0 Å². The number of ether oxygens (including phenoxy) is 2. The molecular weight excluding hydrogens is 324 g/mol. The molecule has 1 saturated carbocycles. The molecule has 1 aromatic rings. The number of aliphatic hydroxyl groups is 1. The molecule has 140 valence electrons. The zero-order valence-corrected chi connectivity index (χ0v) is 15.9. The van der Waals surface area contributed by atoms with Crippen LogP contribution in [0.15, 0.2) is 36.1 Å². The number of rotatable bonds is 4. The number of aliphatic hydroxyl groups excluding tert-OH is 1. The van der Waals surface area contributed by atoms with Crippen LogP contribution in [0.4, 0.5) is 0 Å². The molecule has 0 aliphatic heterocycles. The lowest BCUT2D eigenvalue weighted by Crippen LogP contribution is -2.36. The minimum absolute atomic E-state index is 0.0951. The second-order valence-corrected chi connectivity index (χ2v) is 8.00. The van der Waals surface area contributed by atoms with E-state index in [4.69, 9.17) is 9.47 Å². The summed E-state index contributed by atoms with van der Waals surface area (Å²) in [5, 5.41) is 9.98. The van der Waals surface area contributed by atoms with Crippen molar-refractivity contribution < 1.29 is 14.6 Å². The largest absolute Gasteiger partial charge is 0.497 e. The van der Waals surface area contributed by atoms with Gasteiger partial charge in [-0.05, 0) is 90.3 Å².